The van der Waals surface area contributed by atoms with Gasteiger partial charge >= 0.3 is 0 Å². The first-order valence-electron chi connectivity index (χ1n) is 8.07. The predicted molar refractivity (Wildman–Crippen MR) is 99.7 cm³/mol. The summed E-state index contributed by atoms with van der Waals surface area (Å²) in [5, 5.41) is 3.05. The van der Waals surface area contributed by atoms with E-state index in [1.165, 1.54) is 0 Å². The first-order chi connectivity index (χ1) is 11.7. The van der Waals surface area contributed by atoms with E-state index in [1.54, 1.807) is 7.11 Å². The van der Waals surface area contributed by atoms with Crippen LogP contribution in [0, 0.1) is 0 Å². The van der Waals surface area contributed by atoms with Gasteiger partial charge in [0.15, 0.2) is 5.96 Å². The molecular formula is C18H25N5O. The molecule has 2 aromatic rings. The van der Waals surface area contributed by atoms with E-state index in [0.717, 1.165) is 35.9 Å². The molecule has 0 aliphatic carbocycles. The molecule has 24 heavy (non-hydrogen) atoms. The van der Waals surface area contributed by atoms with Crippen LogP contribution in [0.4, 0.5) is 11.5 Å². The number of aliphatic imine (C=N–C) groups is 1. The number of nitrogens with two attached hydrogens (primary N) is 1. The summed E-state index contributed by atoms with van der Waals surface area (Å²) in [4.78, 5) is 11.0. The molecule has 0 radical (unpaired) electrons. The van der Waals surface area contributed by atoms with E-state index in [-0.39, 0.29) is 0 Å². The molecule has 0 amide bonds. The summed E-state index contributed by atoms with van der Waals surface area (Å²) in [6.45, 7) is 6.61. The van der Waals surface area contributed by atoms with Gasteiger partial charge < -0.3 is 20.7 Å². The highest BCUT2D eigenvalue weighted by molar-refractivity contribution is 5.92. The van der Waals surface area contributed by atoms with Crippen molar-refractivity contribution in [3.63, 3.8) is 0 Å². The van der Waals surface area contributed by atoms with Crippen LogP contribution in [0.5, 0.6) is 5.75 Å². The maximum Gasteiger partial charge on any atom is 0.193 e. The molecule has 6 nitrogen and oxygen atoms in total. The Labute approximate surface area is 143 Å². The van der Waals surface area contributed by atoms with Gasteiger partial charge in [0, 0.05) is 25.0 Å². The molecular weight excluding hydrogens is 302 g/mol. The van der Waals surface area contributed by atoms with Crippen molar-refractivity contribution < 1.29 is 4.74 Å². The monoisotopic (exact) mass is 327 g/mol. The first kappa shape index (κ1) is 17.6. The van der Waals surface area contributed by atoms with Gasteiger partial charge in [-0.1, -0.05) is 6.07 Å². The third-order valence-electron chi connectivity index (χ3n) is 3.69. The molecule has 0 bridgehead atoms. The second-order valence-corrected chi connectivity index (χ2v) is 5.25. The number of anilines is 2. The van der Waals surface area contributed by atoms with Crippen molar-refractivity contribution in [2.45, 2.75) is 20.4 Å². The minimum atomic E-state index is 0.369. The zero-order chi connectivity index (χ0) is 17.4. The van der Waals surface area contributed by atoms with E-state index in [1.807, 2.05) is 42.6 Å². The van der Waals surface area contributed by atoms with Crippen molar-refractivity contribution in [3.05, 3.63) is 48.2 Å². The summed E-state index contributed by atoms with van der Waals surface area (Å²) in [6.07, 6.45) is 1.85. The van der Waals surface area contributed by atoms with E-state index in [2.05, 4.69) is 34.0 Å². The van der Waals surface area contributed by atoms with Gasteiger partial charge in [0.2, 0.25) is 0 Å². The first-order valence-corrected chi connectivity index (χ1v) is 8.07. The van der Waals surface area contributed by atoms with Crippen molar-refractivity contribution in [1.82, 2.24) is 4.98 Å². The van der Waals surface area contributed by atoms with Gasteiger partial charge in [-0.15, -0.1) is 0 Å². The number of benzene rings is 1. The van der Waals surface area contributed by atoms with Gasteiger partial charge in [-0.2, -0.15) is 0 Å². The van der Waals surface area contributed by atoms with Gasteiger partial charge in [0.05, 0.1) is 13.7 Å². The van der Waals surface area contributed by atoms with Crippen molar-refractivity contribution in [1.29, 1.82) is 0 Å². The summed E-state index contributed by atoms with van der Waals surface area (Å²) < 4.78 is 5.12. The molecule has 2 rings (SSSR count). The molecule has 1 aromatic carbocycles. The Hall–Kier alpha value is -2.76. The molecule has 0 aliphatic rings. The van der Waals surface area contributed by atoms with E-state index in [4.69, 9.17) is 10.5 Å². The third-order valence-corrected chi connectivity index (χ3v) is 3.69. The second kappa shape index (κ2) is 8.76. The van der Waals surface area contributed by atoms with Crippen molar-refractivity contribution >= 4 is 17.5 Å². The lowest BCUT2D eigenvalue weighted by atomic mass is 10.3. The Balaban J connectivity index is 1.93. The van der Waals surface area contributed by atoms with Crippen molar-refractivity contribution in [3.8, 4) is 5.75 Å². The van der Waals surface area contributed by atoms with Gasteiger partial charge in [-0.3, -0.25) is 0 Å². The fourth-order valence-electron chi connectivity index (χ4n) is 2.28. The van der Waals surface area contributed by atoms with Gasteiger partial charge in [-0.05, 0) is 49.7 Å². The fraction of sp³-hybridized carbons (Fsp3) is 0.333. The SMILES string of the molecule is CCN(CC)c1ccc(CN=C(N)Nc2ccc(OC)cc2)cn1. The number of pyridine rings is 1. The zero-order valence-corrected chi connectivity index (χ0v) is 14.5. The summed E-state index contributed by atoms with van der Waals surface area (Å²) in [6, 6.07) is 11.6. The smallest absolute Gasteiger partial charge is 0.193 e. The predicted octanol–water partition coefficient (Wildman–Crippen LogP) is 2.86. The number of nitrogens with zero attached hydrogens (tertiary/aromatic N) is 3. The summed E-state index contributed by atoms with van der Waals surface area (Å²) in [5.74, 6) is 2.15. The lowest BCUT2D eigenvalue weighted by Gasteiger charge is -2.19. The van der Waals surface area contributed by atoms with Crippen LogP contribution in [0.1, 0.15) is 19.4 Å². The van der Waals surface area contributed by atoms with E-state index in [9.17, 15) is 0 Å². The molecule has 0 spiro atoms. The minimum Gasteiger partial charge on any atom is -0.497 e. The highest BCUT2D eigenvalue weighted by Crippen LogP contribution is 2.15. The van der Waals surface area contributed by atoms with Crippen LogP contribution in [0.2, 0.25) is 0 Å². The number of aromatic nitrogens is 1. The molecule has 3 N–H and O–H groups in total. The standard InChI is InChI=1S/C18H25N5O/c1-4-23(5-2)17-11-6-14(12-20-17)13-21-18(19)22-15-7-9-16(24-3)10-8-15/h6-12H,4-5,13H2,1-3H3,(H3,19,21,22). The quantitative estimate of drug-likeness (QED) is 0.604. The topological polar surface area (TPSA) is 75.8 Å². The Bertz CT molecular complexity index is 648. The van der Waals surface area contributed by atoms with Crippen LogP contribution in [-0.2, 0) is 6.54 Å². The second-order valence-electron chi connectivity index (χ2n) is 5.25. The Kier molecular flexibility index (Phi) is 6.42. The molecule has 0 saturated carbocycles. The third kappa shape index (κ3) is 4.87. The average Bonchev–Trinajstić information content (AvgIpc) is 2.63. The number of guanidine groups is 1. The summed E-state index contributed by atoms with van der Waals surface area (Å²) >= 11 is 0. The number of ether oxygens (including phenoxy) is 1. The maximum atomic E-state index is 5.92. The van der Waals surface area contributed by atoms with Crippen molar-refractivity contribution in [2.24, 2.45) is 10.7 Å². The molecule has 1 aromatic heterocycles. The number of hydrogen-bond donors (Lipinski definition) is 2. The highest BCUT2D eigenvalue weighted by atomic mass is 16.5. The van der Waals surface area contributed by atoms with Gasteiger partial charge in [0.1, 0.15) is 11.6 Å². The zero-order valence-electron chi connectivity index (χ0n) is 14.5. The van der Waals surface area contributed by atoms with E-state index < -0.39 is 0 Å². The highest BCUT2D eigenvalue weighted by Gasteiger charge is 2.03. The maximum absolute atomic E-state index is 5.92. The molecule has 0 unspecified atom stereocenters. The molecule has 0 fully saturated rings. The Morgan fingerprint density at radius 3 is 2.42 bits per heavy atom. The average molecular weight is 327 g/mol. The van der Waals surface area contributed by atoms with E-state index in [0.29, 0.717) is 12.5 Å². The van der Waals surface area contributed by atoms with E-state index >= 15 is 0 Å². The normalized spacial score (nSPS) is 11.2. The largest absolute Gasteiger partial charge is 0.497 e. The lowest BCUT2D eigenvalue weighted by Crippen LogP contribution is -2.23. The number of rotatable bonds is 7. The molecule has 0 saturated heterocycles. The van der Waals surface area contributed by atoms with Crippen LogP contribution in [-0.4, -0.2) is 31.1 Å². The van der Waals surface area contributed by atoms with Crippen molar-refractivity contribution in [2.75, 3.05) is 30.4 Å². The minimum absolute atomic E-state index is 0.369. The summed E-state index contributed by atoms with van der Waals surface area (Å²) in [7, 11) is 1.64. The molecule has 1 heterocycles. The van der Waals surface area contributed by atoms with Gasteiger partial charge in [0.25, 0.3) is 0 Å². The molecule has 6 heteroatoms. The van der Waals surface area contributed by atoms with Crippen LogP contribution in [0.15, 0.2) is 47.6 Å². The van der Waals surface area contributed by atoms with Gasteiger partial charge in [-0.25, -0.2) is 9.98 Å². The fourth-order valence-corrected chi connectivity index (χ4v) is 2.28. The summed E-state index contributed by atoms with van der Waals surface area (Å²) in [5.41, 5.74) is 7.81. The molecule has 0 atom stereocenters. The van der Waals surface area contributed by atoms with Crippen LogP contribution in [0.25, 0.3) is 0 Å². The number of nitrogens with one attached hydrogen (secondary N) is 1. The van der Waals surface area contributed by atoms with Crippen LogP contribution < -0.4 is 20.7 Å². The molecule has 0 aliphatic heterocycles. The lowest BCUT2D eigenvalue weighted by molar-refractivity contribution is 0.415. The van der Waals surface area contributed by atoms with Crippen LogP contribution >= 0.6 is 0 Å². The van der Waals surface area contributed by atoms with Crippen LogP contribution in [0.3, 0.4) is 0 Å². The Morgan fingerprint density at radius 1 is 1.17 bits per heavy atom. The Morgan fingerprint density at radius 2 is 1.88 bits per heavy atom. The number of methoxy groups -OCH3 is 1. The molecule has 128 valence electrons. The number of hydrogen-bond acceptors (Lipinski definition) is 4.